The van der Waals surface area contributed by atoms with Crippen LogP contribution in [0.3, 0.4) is 0 Å². The summed E-state index contributed by atoms with van der Waals surface area (Å²) >= 11 is 0. The van der Waals surface area contributed by atoms with Crippen molar-refractivity contribution < 1.29 is 9.59 Å². The van der Waals surface area contributed by atoms with E-state index in [0.29, 0.717) is 17.2 Å². The molecule has 2 aromatic carbocycles. The van der Waals surface area contributed by atoms with Crippen molar-refractivity contribution in [3.05, 3.63) is 77.6 Å². The van der Waals surface area contributed by atoms with Crippen LogP contribution >= 0.6 is 0 Å². The second-order valence-electron chi connectivity index (χ2n) is 7.81. The number of nitrogens with zero attached hydrogens (tertiary/aromatic N) is 2. The molecule has 0 unspecified atom stereocenters. The lowest BCUT2D eigenvalue weighted by molar-refractivity contribution is 0.101. The first-order valence-corrected chi connectivity index (χ1v) is 9.35. The third-order valence-corrected chi connectivity index (χ3v) is 4.44. The van der Waals surface area contributed by atoms with Crippen LogP contribution < -0.4 is 10.6 Å². The first kappa shape index (κ1) is 20.2. The minimum absolute atomic E-state index is 0.0232. The number of nitrogens with one attached hydrogen (secondary N) is 2. The molecule has 0 radical (unpaired) electrons. The summed E-state index contributed by atoms with van der Waals surface area (Å²) < 4.78 is 0. The Bertz CT molecular complexity index is 1020. The van der Waals surface area contributed by atoms with Crippen molar-refractivity contribution in [2.24, 2.45) is 0 Å². The molecular weight excluding hydrogens is 364 g/mol. The number of carbonyl (C=O) groups is 2. The second kappa shape index (κ2) is 8.22. The molecule has 3 rings (SSSR count). The molecule has 0 saturated heterocycles. The molecule has 1 heterocycles. The number of hydrogen-bond donors (Lipinski definition) is 2. The van der Waals surface area contributed by atoms with E-state index >= 15 is 0 Å². The summed E-state index contributed by atoms with van der Waals surface area (Å²) in [5.41, 5.74) is 3.57. The van der Waals surface area contributed by atoms with Gasteiger partial charge in [-0.3, -0.25) is 9.59 Å². The molecule has 0 aliphatic carbocycles. The summed E-state index contributed by atoms with van der Waals surface area (Å²) in [5.74, 6) is -0.0351. The van der Waals surface area contributed by atoms with Crippen LogP contribution in [-0.2, 0) is 5.41 Å². The van der Waals surface area contributed by atoms with E-state index in [1.54, 1.807) is 30.3 Å². The first-order valence-electron chi connectivity index (χ1n) is 9.35. The number of ketones is 1. The molecule has 1 aromatic heterocycles. The van der Waals surface area contributed by atoms with Gasteiger partial charge in [0.2, 0.25) is 5.95 Å². The van der Waals surface area contributed by atoms with Gasteiger partial charge in [-0.15, -0.1) is 0 Å². The predicted molar refractivity (Wildman–Crippen MR) is 115 cm³/mol. The van der Waals surface area contributed by atoms with Crippen LogP contribution in [0, 0.1) is 0 Å². The quantitative estimate of drug-likeness (QED) is 0.603. The number of amides is 1. The molecule has 6 heteroatoms. The van der Waals surface area contributed by atoms with Crippen molar-refractivity contribution in [2.75, 3.05) is 10.6 Å². The van der Waals surface area contributed by atoms with Crippen molar-refractivity contribution >= 4 is 29.0 Å². The van der Waals surface area contributed by atoms with Crippen LogP contribution in [0.5, 0.6) is 0 Å². The lowest BCUT2D eigenvalue weighted by Gasteiger charge is -2.19. The zero-order valence-electron chi connectivity index (χ0n) is 17.0. The fourth-order valence-electron chi connectivity index (χ4n) is 2.71. The Kier molecular flexibility index (Phi) is 5.73. The van der Waals surface area contributed by atoms with Gasteiger partial charge in [-0.05, 0) is 60.4 Å². The van der Waals surface area contributed by atoms with Crippen molar-refractivity contribution in [3.63, 3.8) is 0 Å². The van der Waals surface area contributed by atoms with Crippen molar-refractivity contribution in [1.82, 2.24) is 9.97 Å². The summed E-state index contributed by atoms with van der Waals surface area (Å²) in [6.45, 7) is 7.98. The van der Waals surface area contributed by atoms with Gasteiger partial charge in [0, 0.05) is 23.1 Å². The summed E-state index contributed by atoms with van der Waals surface area (Å²) in [6.07, 6.45) is 1.53. The number of Topliss-reactive ketones (excluding diaryl/α,β-unsaturated/α-hetero) is 1. The zero-order chi connectivity index (χ0) is 21.0. The maximum absolute atomic E-state index is 12.5. The second-order valence-corrected chi connectivity index (χ2v) is 7.81. The third kappa shape index (κ3) is 5.25. The molecular formula is C23H24N4O2. The zero-order valence-corrected chi connectivity index (χ0v) is 17.0. The third-order valence-electron chi connectivity index (χ3n) is 4.44. The molecule has 2 N–H and O–H groups in total. The van der Waals surface area contributed by atoms with E-state index in [1.165, 1.54) is 18.7 Å². The van der Waals surface area contributed by atoms with Crippen LogP contribution in [0.2, 0.25) is 0 Å². The average Bonchev–Trinajstić information content (AvgIpc) is 2.68. The predicted octanol–water partition coefficient (Wildman–Crippen LogP) is 4.97. The molecule has 1 amide bonds. The minimum Gasteiger partial charge on any atom is -0.324 e. The van der Waals surface area contributed by atoms with Gasteiger partial charge in [0.1, 0.15) is 5.69 Å². The largest absolute Gasteiger partial charge is 0.324 e. The molecule has 0 spiro atoms. The van der Waals surface area contributed by atoms with E-state index in [0.717, 1.165) is 5.69 Å². The lowest BCUT2D eigenvalue weighted by atomic mass is 9.87. The van der Waals surface area contributed by atoms with Crippen LogP contribution in [0.4, 0.5) is 17.3 Å². The molecule has 6 nitrogen and oxygen atoms in total. The summed E-state index contributed by atoms with van der Waals surface area (Å²) in [4.78, 5) is 32.3. The SMILES string of the molecule is CC(=O)c1ccc(NC(=O)c2ccnc(Nc3ccc(C(C)(C)C)cc3)n2)cc1. The van der Waals surface area contributed by atoms with Gasteiger partial charge in [-0.1, -0.05) is 32.9 Å². The smallest absolute Gasteiger partial charge is 0.274 e. The Hall–Kier alpha value is -3.54. The Balaban J connectivity index is 1.70. The fraction of sp³-hybridized carbons (Fsp3) is 0.217. The monoisotopic (exact) mass is 388 g/mol. The number of carbonyl (C=O) groups excluding carboxylic acids is 2. The standard InChI is InChI=1S/C23H24N4O2/c1-15(28)16-5-9-18(10-6-16)25-21(29)20-13-14-24-22(27-20)26-19-11-7-17(8-12-19)23(2,3)4/h5-14H,1-4H3,(H,25,29)(H,24,26,27). The Morgan fingerprint density at radius 1 is 0.862 bits per heavy atom. The highest BCUT2D eigenvalue weighted by Gasteiger charge is 2.13. The fourth-order valence-corrected chi connectivity index (χ4v) is 2.71. The van der Waals surface area contributed by atoms with E-state index in [4.69, 9.17) is 0 Å². The molecule has 0 atom stereocenters. The van der Waals surface area contributed by atoms with Gasteiger partial charge < -0.3 is 10.6 Å². The first-order chi connectivity index (χ1) is 13.7. The normalized spacial score (nSPS) is 11.0. The van der Waals surface area contributed by atoms with Gasteiger partial charge in [0.05, 0.1) is 0 Å². The highest BCUT2D eigenvalue weighted by molar-refractivity contribution is 6.03. The number of aromatic nitrogens is 2. The van der Waals surface area contributed by atoms with Gasteiger partial charge in [-0.2, -0.15) is 0 Å². The number of anilines is 3. The van der Waals surface area contributed by atoms with E-state index in [-0.39, 0.29) is 22.8 Å². The Labute approximate surface area is 170 Å². The van der Waals surface area contributed by atoms with Crippen molar-refractivity contribution in [1.29, 1.82) is 0 Å². The van der Waals surface area contributed by atoms with Crippen molar-refractivity contribution in [2.45, 2.75) is 33.1 Å². The summed E-state index contributed by atoms with van der Waals surface area (Å²) in [6, 6.07) is 16.3. The molecule has 3 aromatic rings. The van der Waals surface area contributed by atoms with E-state index in [2.05, 4.69) is 53.5 Å². The van der Waals surface area contributed by atoms with E-state index in [9.17, 15) is 9.59 Å². The molecule has 0 fully saturated rings. The molecule has 148 valence electrons. The minimum atomic E-state index is -0.353. The van der Waals surface area contributed by atoms with Gasteiger partial charge in [0.15, 0.2) is 5.78 Å². The highest BCUT2D eigenvalue weighted by atomic mass is 16.2. The maximum Gasteiger partial charge on any atom is 0.274 e. The topological polar surface area (TPSA) is 84.0 Å². The van der Waals surface area contributed by atoms with Crippen molar-refractivity contribution in [3.8, 4) is 0 Å². The van der Waals surface area contributed by atoms with Gasteiger partial charge in [0.25, 0.3) is 5.91 Å². The van der Waals surface area contributed by atoms with Crippen LogP contribution in [0.1, 0.15) is 54.1 Å². The van der Waals surface area contributed by atoms with E-state index in [1.807, 2.05) is 12.1 Å². The molecule has 0 aliphatic heterocycles. The van der Waals surface area contributed by atoms with Gasteiger partial charge >= 0.3 is 0 Å². The highest BCUT2D eigenvalue weighted by Crippen LogP contribution is 2.24. The van der Waals surface area contributed by atoms with Crippen LogP contribution in [0.25, 0.3) is 0 Å². The average molecular weight is 388 g/mol. The van der Waals surface area contributed by atoms with Crippen LogP contribution in [0.15, 0.2) is 60.8 Å². The van der Waals surface area contributed by atoms with E-state index < -0.39 is 0 Å². The summed E-state index contributed by atoms with van der Waals surface area (Å²) in [7, 11) is 0. The molecule has 0 saturated carbocycles. The Morgan fingerprint density at radius 3 is 2.07 bits per heavy atom. The van der Waals surface area contributed by atoms with Gasteiger partial charge in [-0.25, -0.2) is 9.97 Å². The number of rotatable bonds is 5. The van der Waals surface area contributed by atoms with Crippen LogP contribution in [-0.4, -0.2) is 21.7 Å². The number of hydrogen-bond acceptors (Lipinski definition) is 5. The maximum atomic E-state index is 12.5. The molecule has 29 heavy (non-hydrogen) atoms. The lowest BCUT2D eigenvalue weighted by Crippen LogP contribution is -2.15. The Morgan fingerprint density at radius 2 is 1.48 bits per heavy atom. The summed E-state index contributed by atoms with van der Waals surface area (Å²) in [5, 5.41) is 5.89. The molecule has 0 bridgehead atoms. The molecule has 0 aliphatic rings. The number of benzene rings is 2.